The number of carbonyl (C=O) groups excluding carboxylic acids is 1. The molecule has 110 valence electrons. The normalized spacial score (nSPS) is 23.8. The van der Waals surface area contributed by atoms with Gasteiger partial charge in [0.15, 0.2) is 0 Å². The Morgan fingerprint density at radius 2 is 2.25 bits per heavy atom. The van der Waals surface area contributed by atoms with Gasteiger partial charge in [-0.3, -0.25) is 9.69 Å². The summed E-state index contributed by atoms with van der Waals surface area (Å²) in [4.78, 5) is 13.2. The standard InChI is InChI=1S/C15H22FN3O/c1-2-10-8-19(6-5-14(10)17)9-12-4-3-11(15(18)20)7-13(12)16/h3-4,7,10,14H,2,5-6,8-9,17H2,1H3,(H2,18,20). The molecule has 0 saturated carbocycles. The van der Waals surface area contributed by atoms with E-state index in [-0.39, 0.29) is 17.4 Å². The molecular weight excluding hydrogens is 257 g/mol. The van der Waals surface area contributed by atoms with E-state index in [1.54, 1.807) is 12.1 Å². The maximum absolute atomic E-state index is 14.0. The van der Waals surface area contributed by atoms with Crippen LogP contribution in [0.25, 0.3) is 0 Å². The number of carbonyl (C=O) groups is 1. The molecule has 1 fully saturated rings. The Hall–Kier alpha value is -1.46. The van der Waals surface area contributed by atoms with Crippen LogP contribution in [0.4, 0.5) is 4.39 Å². The minimum atomic E-state index is -0.606. The first kappa shape index (κ1) is 14.9. The van der Waals surface area contributed by atoms with Crippen molar-refractivity contribution in [2.45, 2.75) is 32.4 Å². The topological polar surface area (TPSA) is 72.3 Å². The van der Waals surface area contributed by atoms with E-state index in [4.69, 9.17) is 11.5 Å². The van der Waals surface area contributed by atoms with E-state index in [1.807, 2.05) is 0 Å². The zero-order chi connectivity index (χ0) is 14.7. The molecule has 0 bridgehead atoms. The van der Waals surface area contributed by atoms with Crippen molar-refractivity contribution in [1.29, 1.82) is 0 Å². The summed E-state index contributed by atoms with van der Waals surface area (Å²) >= 11 is 0. The van der Waals surface area contributed by atoms with Gasteiger partial charge in [-0.1, -0.05) is 19.4 Å². The van der Waals surface area contributed by atoms with Crippen LogP contribution in [0.15, 0.2) is 18.2 Å². The first-order valence-electron chi connectivity index (χ1n) is 7.07. The van der Waals surface area contributed by atoms with Gasteiger partial charge in [-0.25, -0.2) is 4.39 Å². The summed E-state index contributed by atoms with van der Waals surface area (Å²) in [7, 11) is 0. The van der Waals surface area contributed by atoms with Gasteiger partial charge in [0.1, 0.15) is 5.82 Å². The number of benzene rings is 1. The fourth-order valence-electron chi connectivity index (χ4n) is 2.77. The molecule has 4 N–H and O–H groups in total. The molecule has 1 aromatic carbocycles. The zero-order valence-corrected chi connectivity index (χ0v) is 11.8. The maximum Gasteiger partial charge on any atom is 0.248 e. The van der Waals surface area contributed by atoms with Crippen molar-refractivity contribution in [1.82, 2.24) is 4.90 Å². The Labute approximate surface area is 118 Å². The van der Waals surface area contributed by atoms with Gasteiger partial charge >= 0.3 is 0 Å². The van der Waals surface area contributed by atoms with Crippen molar-refractivity contribution in [2.75, 3.05) is 13.1 Å². The Morgan fingerprint density at radius 3 is 2.85 bits per heavy atom. The molecule has 4 nitrogen and oxygen atoms in total. The van der Waals surface area contributed by atoms with Gasteiger partial charge < -0.3 is 11.5 Å². The number of amides is 1. The molecule has 1 aliphatic rings. The third-order valence-electron chi connectivity index (χ3n) is 4.13. The van der Waals surface area contributed by atoms with E-state index in [0.29, 0.717) is 18.0 Å². The number of primary amides is 1. The number of piperidine rings is 1. The number of nitrogens with two attached hydrogens (primary N) is 2. The second kappa shape index (κ2) is 6.33. The highest BCUT2D eigenvalue weighted by Crippen LogP contribution is 2.21. The number of nitrogens with zero attached hydrogens (tertiary/aromatic N) is 1. The van der Waals surface area contributed by atoms with E-state index in [1.165, 1.54) is 6.07 Å². The monoisotopic (exact) mass is 279 g/mol. The van der Waals surface area contributed by atoms with Crippen LogP contribution in [0, 0.1) is 11.7 Å². The highest BCUT2D eigenvalue weighted by Gasteiger charge is 2.25. The van der Waals surface area contributed by atoms with Gasteiger partial charge in [-0.15, -0.1) is 0 Å². The van der Waals surface area contributed by atoms with Crippen LogP contribution in [0.1, 0.15) is 35.7 Å². The summed E-state index contributed by atoms with van der Waals surface area (Å²) in [5.41, 5.74) is 12.0. The highest BCUT2D eigenvalue weighted by molar-refractivity contribution is 5.92. The molecule has 20 heavy (non-hydrogen) atoms. The average molecular weight is 279 g/mol. The van der Waals surface area contributed by atoms with Crippen LogP contribution in [-0.4, -0.2) is 29.9 Å². The van der Waals surface area contributed by atoms with Gasteiger partial charge in [-0.05, 0) is 31.0 Å². The Balaban J connectivity index is 2.05. The molecule has 2 rings (SSSR count). The van der Waals surface area contributed by atoms with Crippen LogP contribution in [0.5, 0.6) is 0 Å². The second-order valence-corrected chi connectivity index (χ2v) is 5.53. The maximum atomic E-state index is 14.0. The number of hydrogen-bond donors (Lipinski definition) is 2. The lowest BCUT2D eigenvalue weighted by Crippen LogP contribution is -2.46. The van der Waals surface area contributed by atoms with Crippen molar-refractivity contribution in [3.8, 4) is 0 Å². The van der Waals surface area contributed by atoms with Gasteiger partial charge in [-0.2, -0.15) is 0 Å². The summed E-state index contributed by atoms with van der Waals surface area (Å²) in [6.07, 6.45) is 1.99. The molecule has 2 unspecified atom stereocenters. The van der Waals surface area contributed by atoms with Gasteiger partial charge in [0.25, 0.3) is 0 Å². The Bertz CT molecular complexity index is 492. The minimum Gasteiger partial charge on any atom is -0.366 e. The Morgan fingerprint density at radius 1 is 1.50 bits per heavy atom. The second-order valence-electron chi connectivity index (χ2n) is 5.53. The first-order valence-corrected chi connectivity index (χ1v) is 7.07. The summed E-state index contributed by atoms with van der Waals surface area (Å²) in [5.74, 6) is -0.508. The zero-order valence-electron chi connectivity index (χ0n) is 11.8. The summed E-state index contributed by atoms with van der Waals surface area (Å²) in [6.45, 7) is 4.47. The molecule has 1 saturated heterocycles. The molecule has 1 heterocycles. The molecule has 5 heteroatoms. The number of likely N-dealkylation sites (tertiary alicyclic amines) is 1. The fourth-order valence-corrected chi connectivity index (χ4v) is 2.77. The molecular formula is C15H22FN3O. The van der Waals surface area contributed by atoms with E-state index in [2.05, 4.69) is 11.8 Å². The van der Waals surface area contributed by atoms with Crippen LogP contribution in [0.3, 0.4) is 0 Å². The quantitative estimate of drug-likeness (QED) is 0.877. The molecule has 1 aliphatic heterocycles. The third-order valence-corrected chi connectivity index (χ3v) is 4.13. The predicted molar refractivity (Wildman–Crippen MR) is 76.6 cm³/mol. The van der Waals surface area contributed by atoms with Gasteiger partial charge in [0, 0.05) is 30.3 Å². The minimum absolute atomic E-state index is 0.207. The van der Waals surface area contributed by atoms with E-state index < -0.39 is 5.91 Å². The molecule has 2 atom stereocenters. The molecule has 0 spiro atoms. The summed E-state index contributed by atoms with van der Waals surface area (Å²) in [5, 5.41) is 0. The van der Waals surface area contributed by atoms with Gasteiger partial charge in [0.05, 0.1) is 0 Å². The lowest BCUT2D eigenvalue weighted by atomic mass is 9.90. The number of hydrogen-bond acceptors (Lipinski definition) is 3. The van der Waals surface area contributed by atoms with Crippen molar-refractivity contribution in [3.63, 3.8) is 0 Å². The molecule has 0 aromatic heterocycles. The average Bonchev–Trinajstić information content (AvgIpc) is 2.42. The number of rotatable bonds is 4. The lowest BCUT2D eigenvalue weighted by Gasteiger charge is -2.36. The number of halogens is 1. The van der Waals surface area contributed by atoms with Gasteiger partial charge in [0.2, 0.25) is 5.91 Å². The van der Waals surface area contributed by atoms with E-state index >= 15 is 0 Å². The van der Waals surface area contributed by atoms with E-state index in [0.717, 1.165) is 25.9 Å². The van der Waals surface area contributed by atoms with E-state index in [9.17, 15) is 9.18 Å². The van der Waals surface area contributed by atoms with Crippen molar-refractivity contribution in [3.05, 3.63) is 35.1 Å². The van der Waals surface area contributed by atoms with Crippen molar-refractivity contribution in [2.24, 2.45) is 17.4 Å². The lowest BCUT2D eigenvalue weighted by molar-refractivity contribution is 0.0999. The largest absolute Gasteiger partial charge is 0.366 e. The first-order chi connectivity index (χ1) is 9.51. The van der Waals surface area contributed by atoms with Crippen LogP contribution in [-0.2, 0) is 6.54 Å². The SMILES string of the molecule is CCC1CN(Cc2ccc(C(N)=O)cc2F)CCC1N. The highest BCUT2D eigenvalue weighted by atomic mass is 19.1. The summed E-state index contributed by atoms with van der Waals surface area (Å²) in [6, 6.07) is 4.68. The molecule has 1 aromatic rings. The van der Waals surface area contributed by atoms with Crippen molar-refractivity contribution >= 4 is 5.91 Å². The molecule has 1 amide bonds. The van der Waals surface area contributed by atoms with Crippen molar-refractivity contribution < 1.29 is 9.18 Å². The van der Waals surface area contributed by atoms with Crippen LogP contribution >= 0.6 is 0 Å². The smallest absolute Gasteiger partial charge is 0.248 e. The van der Waals surface area contributed by atoms with Crippen LogP contribution in [0.2, 0.25) is 0 Å². The van der Waals surface area contributed by atoms with Crippen LogP contribution < -0.4 is 11.5 Å². The predicted octanol–water partition coefficient (Wildman–Crippen LogP) is 1.48. The summed E-state index contributed by atoms with van der Waals surface area (Å²) < 4.78 is 14.0. The molecule has 0 aliphatic carbocycles. The molecule has 0 radical (unpaired) electrons. The Kier molecular flexibility index (Phi) is 4.73. The fraction of sp³-hybridized carbons (Fsp3) is 0.533. The third kappa shape index (κ3) is 3.35.